The molecule has 1 atom stereocenters. The Morgan fingerprint density at radius 1 is 1.37 bits per heavy atom. The van der Waals surface area contributed by atoms with Gasteiger partial charge in [0.05, 0.1) is 0 Å². The number of nitrogens with one attached hydrogen (secondary N) is 1. The molecule has 106 valence electrons. The second-order valence-electron chi connectivity index (χ2n) is 5.45. The largest absolute Gasteiger partial charge is 0.508 e. The van der Waals surface area contributed by atoms with Crippen molar-refractivity contribution < 1.29 is 5.11 Å². The molecule has 0 bridgehead atoms. The number of aromatic hydroxyl groups is 1. The summed E-state index contributed by atoms with van der Waals surface area (Å²) in [5.41, 5.74) is 2.15. The van der Waals surface area contributed by atoms with Gasteiger partial charge in [0.15, 0.2) is 0 Å². The number of hydrogen-bond acceptors (Lipinski definition) is 3. The Bertz CT molecular complexity index is 415. The Morgan fingerprint density at radius 3 is 2.63 bits per heavy atom. The van der Waals surface area contributed by atoms with Gasteiger partial charge < -0.3 is 15.3 Å². The molecule has 1 aliphatic rings. The van der Waals surface area contributed by atoms with Crippen molar-refractivity contribution >= 4 is 5.69 Å². The van der Waals surface area contributed by atoms with E-state index in [1.807, 2.05) is 6.07 Å². The standard InChI is InChI=1S/C16H26N2O/c1-4-10-18(13-6-7-13)14-8-9-15(16(19)11-14)12(3)17-5-2/h8-9,11-13,17,19H,4-7,10H2,1-3H3. The van der Waals surface area contributed by atoms with E-state index in [0.717, 1.165) is 30.8 Å². The van der Waals surface area contributed by atoms with Crippen LogP contribution in [0.5, 0.6) is 5.75 Å². The third kappa shape index (κ3) is 3.41. The van der Waals surface area contributed by atoms with Gasteiger partial charge in [-0.1, -0.05) is 19.9 Å². The van der Waals surface area contributed by atoms with Crippen molar-refractivity contribution in [3.63, 3.8) is 0 Å². The fourth-order valence-electron chi connectivity index (χ4n) is 2.64. The van der Waals surface area contributed by atoms with Crippen LogP contribution in [0.25, 0.3) is 0 Å². The number of phenols is 1. The number of nitrogens with zero attached hydrogens (tertiary/aromatic N) is 1. The second-order valence-corrected chi connectivity index (χ2v) is 5.45. The van der Waals surface area contributed by atoms with Gasteiger partial charge in [-0.15, -0.1) is 0 Å². The Labute approximate surface area is 116 Å². The lowest BCUT2D eigenvalue weighted by molar-refractivity contribution is 0.454. The normalized spacial score (nSPS) is 16.4. The molecule has 0 saturated heterocycles. The van der Waals surface area contributed by atoms with Gasteiger partial charge in [-0.3, -0.25) is 0 Å². The average Bonchev–Trinajstić information content (AvgIpc) is 3.20. The predicted octanol–water partition coefficient (Wildman–Crippen LogP) is 3.44. The van der Waals surface area contributed by atoms with Crippen LogP contribution < -0.4 is 10.2 Å². The maximum Gasteiger partial charge on any atom is 0.122 e. The molecule has 1 aromatic carbocycles. The molecule has 1 aliphatic carbocycles. The van der Waals surface area contributed by atoms with E-state index in [4.69, 9.17) is 0 Å². The van der Waals surface area contributed by atoms with Gasteiger partial charge in [0, 0.05) is 35.9 Å². The van der Waals surface area contributed by atoms with Crippen LogP contribution >= 0.6 is 0 Å². The van der Waals surface area contributed by atoms with Crippen molar-refractivity contribution in [3.8, 4) is 5.75 Å². The number of phenolic OH excluding ortho intramolecular Hbond substituents is 1. The molecule has 2 N–H and O–H groups in total. The fraction of sp³-hybridized carbons (Fsp3) is 0.625. The van der Waals surface area contributed by atoms with E-state index in [0.29, 0.717) is 11.8 Å². The predicted molar refractivity (Wildman–Crippen MR) is 80.9 cm³/mol. The third-order valence-corrected chi connectivity index (χ3v) is 3.77. The van der Waals surface area contributed by atoms with Crippen molar-refractivity contribution in [2.45, 2.75) is 52.1 Å². The summed E-state index contributed by atoms with van der Waals surface area (Å²) in [4.78, 5) is 2.43. The van der Waals surface area contributed by atoms with Gasteiger partial charge in [0.1, 0.15) is 5.75 Å². The Kier molecular flexibility index (Phi) is 4.70. The van der Waals surface area contributed by atoms with Gasteiger partial charge in [-0.25, -0.2) is 0 Å². The van der Waals surface area contributed by atoms with Crippen molar-refractivity contribution in [2.24, 2.45) is 0 Å². The van der Waals surface area contributed by atoms with Gasteiger partial charge >= 0.3 is 0 Å². The molecule has 0 heterocycles. The SMILES string of the molecule is CCCN(c1ccc(C(C)NCC)c(O)c1)C1CC1. The van der Waals surface area contributed by atoms with Crippen molar-refractivity contribution in [1.82, 2.24) is 5.32 Å². The van der Waals surface area contributed by atoms with Gasteiger partial charge in [0.25, 0.3) is 0 Å². The molecule has 0 aliphatic heterocycles. The van der Waals surface area contributed by atoms with Crippen LogP contribution in [-0.4, -0.2) is 24.2 Å². The summed E-state index contributed by atoms with van der Waals surface area (Å²) < 4.78 is 0. The summed E-state index contributed by atoms with van der Waals surface area (Å²) in [6.45, 7) is 8.36. The topological polar surface area (TPSA) is 35.5 Å². The van der Waals surface area contributed by atoms with Gasteiger partial charge in [-0.05, 0) is 38.8 Å². The van der Waals surface area contributed by atoms with Crippen LogP contribution in [0, 0.1) is 0 Å². The van der Waals surface area contributed by atoms with Gasteiger partial charge in [-0.2, -0.15) is 0 Å². The highest BCUT2D eigenvalue weighted by molar-refractivity contribution is 5.55. The number of anilines is 1. The van der Waals surface area contributed by atoms with E-state index in [1.54, 1.807) is 0 Å². The first-order chi connectivity index (χ1) is 9.17. The zero-order chi connectivity index (χ0) is 13.8. The molecule has 3 nitrogen and oxygen atoms in total. The summed E-state index contributed by atoms with van der Waals surface area (Å²) in [5.74, 6) is 0.410. The highest BCUT2D eigenvalue weighted by Gasteiger charge is 2.29. The van der Waals surface area contributed by atoms with E-state index in [-0.39, 0.29) is 6.04 Å². The van der Waals surface area contributed by atoms with Crippen molar-refractivity contribution in [1.29, 1.82) is 0 Å². The molecule has 1 aromatic rings. The number of benzene rings is 1. The minimum atomic E-state index is 0.194. The average molecular weight is 262 g/mol. The molecule has 1 saturated carbocycles. The molecule has 1 unspecified atom stereocenters. The van der Waals surface area contributed by atoms with Crippen LogP contribution in [0.15, 0.2) is 18.2 Å². The van der Waals surface area contributed by atoms with E-state index >= 15 is 0 Å². The molecule has 2 rings (SSSR count). The third-order valence-electron chi connectivity index (χ3n) is 3.77. The zero-order valence-electron chi connectivity index (χ0n) is 12.3. The lowest BCUT2D eigenvalue weighted by Gasteiger charge is -2.25. The fourth-order valence-corrected chi connectivity index (χ4v) is 2.64. The van der Waals surface area contributed by atoms with Crippen LogP contribution in [0.2, 0.25) is 0 Å². The van der Waals surface area contributed by atoms with Crippen LogP contribution in [0.3, 0.4) is 0 Å². The second kappa shape index (κ2) is 6.29. The smallest absolute Gasteiger partial charge is 0.122 e. The maximum atomic E-state index is 10.2. The first-order valence-corrected chi connectivity index (χ1v) is 7.50. The quantitative estimate of drug-likeness (QED) is 0.790. The Balaban J connectivity index is 2.17. The first-order valence-electron chi connectivity index (χ1n) is 7.50. The summed E-state index contributed by atoms with van der Waals surface area (Å²) in [6, 6.07) is 7.02. The molecular weight excluding hydrogens is 236 g/mol. The van der Waals surface area contributed by atoms with Crippen LogP contribution in [-0.2, 0) is 0 Å². The lowest BCUT2D eigenvalue weighted by Crippen LogP contribution is -2.26. The molecule has 0 radical (unpaired) electrons. The first kappa shape index (κ1) is 14.2. The molecule has 1 fully saturated rings. The summed E-state index contributed by atoms with van der Waals surface area (Å²) >= 11 is 0. The highest BCUT2D eigenvalue weighted by Crippen LogP contribution is 2.35. The van der Waals surface area contributed by atoms with E-state index in [1.165, 1.54) is 12.8 Å². The molecule has 19 heavy (non-hydrogen) atoms. The highest BCUT2D eigenvalue weighted by atomic mass is 16.3. The minimum Gasteiger partial charge on any atom is -0.508 e. The van der Waals surface area contributed by atoms with Crippen LogP contribution in [0.4, 0.5) is 5.69 Å². The Morgan fingerprint density at radius 2 is 2.11 bits per heavy atom. The molecule has 0 spiro atoms. The summed E-state index contributed by atoms with van der Waals surface area (Å²) in [7, 11) is 0. The lowest BCUT2D eigenvalue weighted by atomic mass is 10.1. The van der Waals surface area contributed by atoms with Gasteiger partial charge in [0.2, 0.25) is 0 Å². The van der Waals surface area contributed by atoms with E-state index < -0.39 is 0 Å². The van der Waals surface area contributed by atoms with E-state index in [9.17, 15) is 5.11 Å². The summed E-state index contributed by atoms with van der Waals surface area (Å²) in [5, 5.41) is 13.6. The molecule has 0 amide bonds. The van der Waals surface area contributed by atoms with Crippen LogP contribution in [0.1, 0.15) is 51.6 Å². The summed E-state index contributed by atoms with van der Waals surface area (Å²) in [6.07, 6.45) is 3.72. The van der Waals surface area contributed by atoms with E-state index in [2.05, 4.69) is 43.1 Å². The van der Waals surface area contributed by atoms with Crippen molar-refractivity contribution in [3.05, 3.63) is 23.8 Å². The minimum absolute atomic E-state index is 0.194. The maximum absolute atomic E-state index is 10.2. The monoisotopic (exact) mass is 262 g/mol. The molecular formula is C16H26N2O. The molecule has 3 heteroatoms. The number of hydrogen-bond donors (Lipinski definition) is 2. The van der Waals surface area contributed by atoms with Crippen molar-refractivity contribution in [2.75, 3.05) is 18.0 Å². The zero-order valence-corrected chi connectivity index (χ0v) is 12.3. The number of rotatable bonds is 7. The molecule has 0 aromatic heterocycles. The Hall–Kier alpha value is -1.22.